The molecule has 0 aliphatic carbocycles. The lowest BCUT2D eigenvalue weighted by molar-refractivity contribution is -0.398. The van der Waals surface area contributed by atoms with Gasteiger partial charge in [0.15, 0.2) is 50.3 Å². The highest BCUT2D eigenvalue weighted by Crippen LogP contribution is 2.39. The smallest absolute Gasteiger partial charge is 0.187 e. The zero-order valence-corrected chi connectivity index (χ0v) is 53.3. The zero-order valence-electron chi connectivity index (χ0n) is 53.3. The fraction of sp³-hybridized carbons (Fsp3) is 1.00. The number of rotatable bonds is 25. The quantitative estimate of drug-likeness (QED) is 0.0404. The van der Waals surface area contributed by atoms with Crippen molar-refractivity contribution in [3.63, 3.8) is 0 Å². The average Bonchev–Trinajstić information content (AvgIpc) is 0.777. The molecule has 9 aliphatic rings. The SMILES string of the molecule is C[C@@H]1OC(CO)[C@@H](O[C@@H]2OC(CO)[C@@H](O[C@@H]3OC(CO[C@H]4OC(CO)[C@@H](O)C(O)[C@H]4O[C@@H]4O[C@@H](CO)[C@@H](O[C@@H]5OC(CO)[C@H](O)C(O)[C@@H]5O)C(O)C4N)[C@@H](O)C(O[C@H]4O[C@H](CO)[C@@H](O)C(O)C4O[C@@H]4OC(CO)[C@@H](O[C@@H]5OC(CO)[C@H](O)C(O)[C@@H]5O)C(O)[C@@H]4N)[C@H]3O)C(O)[C@@H]2N)[C@H](O)C1N. The van der Waals surface area contributed by atoms with Gasteiger partial charge < -0.3 is 226 Å². The summed E-state index contributed by atoms with van der Waals surface area (Å²) in [5, 5.41) is 261. The van der Waals surface area contributed by atoms with Gasteiger partial charge in [-0.3, -0.25) is 0 Å². The molecule has 0 aromatic carbocycles. The van der Waals surface area contributed by atoms with Crippen molar-refractivity contribution in [2.75, 3.05) is 59.5 Å². The Morgan fingerprint density at radius 2 is 0.480 bits per heavy atom. The molecule has 0 radical (unpaired) electrons. The van der Waals surface area contributed by atoms with Gasteiger partial charge in [-0.05, 0) is 6.92 Å². The van der Waals surface area contributed by atoms with Crippen LogP contribution in [-0.2, 0) is 80.5 Å². The van der Waals surface area contributed by atoms with Gasteiger partial charge in [-0.2, -0.15) is 0 Å². The van der Waals surface area contributed by atoms with Crippen molar-refractivity contribution in [2.45, 2.75) is 283 Å². The van der Waals surface area contributed by atoms with Crippen LogP contribution in [0.3, 0.4) is 0 Å². The van der Waals surface area contributed by atoms with E-state index >= 15 is 0 Å². The third-order valence-corrected chi connectivity index (χ3v) is 19.4. The first kappa shape index (κ1) is 82.3. The first-order valence-corrected chi connectivity index (χ1v) is 32.3. The molecule has 0 saturated carbocycles. The highest BCUT2D eigenvalue weighted by molar-refractivity contribution is 5.04. The molecule has 100 heavy (non-hydrogen) atoms. The van der Waals surface area contributed by atoms with E-state index in [2.05, 4.69) is 0 Å². The molecule has 9 fully saturated rings. The Hall–Kier alpha value is -1.80. The van der Waals surface area contributed by atoms with E-state index in [0.717, 1.165) is 0 Å². The molecular weight excluding hydrogens is 1370 g/mol. The molecule has 18 unspecified atom stereocenters. The first-order valence-electron chi connectivity index (χ1n) is 32.3. The van der Waals surface area contributed by atoms with Gasteiger partial charge >= 0.3 is 0 Å². The van der Waals surface area contributed by atoms with Gasteiger partial charge in [-0.15, -0.1) is 0 Å². The molecule has 9 rings (SSSR count). The molecule has 0 bridgehead atoms. The minimum atomic E-state index is -2.41. The molecule has 0 aromatic heterocycles. The second-order valence-electron chi connectivity index (χ2n) is 25.9. The van der Waals surface area contributed by atoms with Gasteiger partial charge in [0.2, 0.25) is 0 Å². The summed E-state index contributed by atoms with van der Waals surface area (Å²) in [6.45, 7) is -7.29. The van der Waals surface area contributed by atoms with E-state index in [1.54, 1.807) is 0 Å². The molecule has 9 heterocycles. The van der Waals surface area contributed by atoms with Crippen molar-refractivity contribution in [3.8, 4) is 0 Å². The van der Waals surface area contributed by atoms with Crippen LogP contribution in [0.15, 0.2) is 0 Å². The summed E-state index contributed by atoms with van der Waals surface area (Å²) in [4.78, 5) is 0. The maximum absolute atomic E-state index is 12.4. The van der Waals surface area contributed by atoms with Crippen molar-refractivity contribution >= 4 is 0 Å². The minimum Gasteiger partial charge on any atom is -0.394 e. The highest BCUT2D eigenvalue weighted by atomic mass is 16.8. The van der Waals surface area contributed by atoms with Gasteiger partial charge in [-0.25, -0.2) is 0 Å². The second-order valence-corrected chi connectivity index (χ2v) is 25.9. The van der Waals surface area contributed by atoms with E-state index in [-0.39, 0.29) is 0 Å². The van der Waals surface area contributed by atoms with E-state index in [4.69, 9.17) is 103 Å². The number of nitrogens with two attached hydrogens (primary N) is 4. The van der Waals surface area contributed by atoms with Crippen LogP contribution in [0, 0.1) is 0 Å². The molecule has 0 spiro atoms. The maximum atomic E-state index is 12.4. The van der Waals surface area contributed by atoms with Crippen LogP contribution in [0.4, 0.5) is 0 Å². The summed E-state index contributed by atoms with van der Waals surface area (Å²) in [6.07, 6.45) is -77.8. The predicted octanol–water partition coefficient (Wildman–Crippen LogP) is -19.7. The standard InChI is InChI=1S/C55H98N4O41/c1-11-21(56)30(73)41(16(6-64)85-11)94-48-22(57)31(74)44(19(9-67)90-48)97-53-40(83)45(98-55-47(37(80)28(71)15(5-63)89-55)100-50-24(59)33(76)43(18(8-66)92-50)96-52-39(82)35(78)26(69)13(3-61)87-52)29(72)20(93-53)10-84-54-46(36(79)27(70)14(4-62)88-54)99-49-23(58)32(75)42(17(7-65)91-49)95-51-38(81)34(77)25(68)12(2-60)86-51/h11-55,60-83H,2-10,56-59H2,1H3/t11-,12?,13?,14?,15+,16?,17-,18?,19?,20?,21?,22-,23?,24-,25-,26-,27+,28+,29+,30+,31?,32?,33?,34?,35?,36?,37?,38-,39-,40+,41+,42+,43+,44+,45?,46+,47?,48-,49-,50-,51-,52-,53-,54-,55+/m0/s1. The molecule has 9 aliphatic heterocycles. The van der Waals surface area contributed by atoms with Gasteiger partial charge in [0, 0.05) is 0 Å². The topological polar surface area (TPSA) is 747 Å². The van der Waals surface area contributed by atoms with Crippen LogP contribution >= 0.6 is 0 Å². The van der Waals surface area contributed by atoms with Crippen molar-refractivity contribution in [1.29, 1.82) is 0 Å². The van der Waals surface area contributed by atoms with Gasteiger partial charge in [0.25, 0.3) is 0 Å². The number of hydrogen-bond acceptors (Lipinski definition) is 45. The monoisotopic (exact) mass is 1470 g/mol. The predicted molar refractivity (Wildman–Crippen MR) is 308 cm³/mol. The van der Waals surface area contributed by atoms with Crippen molar-refractivity contribution in [3.05, 3.63) is 0 Å². The van der Waals surface area contributed by atoms with Crippen LogP contribution < -0.4 is 22.9 Å². The Morgan fingerprint density at radius 1 is 0.220 bits per heavy atom. The highest BCUT2D eigenvalue weighted by Gasteiger charge is 2.60. The Labute approximate surface area is 567 Å². The van der Waals surface area contributed by atoms with Gasteiger partial charge in [-0.1, -0.05) is 0 Å². The Morgan fingerprint density at radius 3 is 0.850 bits per heavy atom. The average molecular weight is 1470 g/mol. The Balaban J connectivity index is 0.986. The molecule has 584 valence electrons. The van der Waals surface area contributed by atoms with Crippen LogP contribution in [0.25, 0.3) is 0 Å². The van der Waals surface area contributed by atoms with E-state index in [1.807, 2.05) is 0 Å². The lowest BCUT2D eigenvalue weighted by Gasteiger charge is -2.51. The summed E-state index contributed by atoms with van der Waals surface area (Å²) in [5.74, 6) is 0. The third-order valence-electron chi connectivity index (χ3n) is 19.4. The molecule has 0 aromatic rings. The van der Waals surface area contributed by atoms with E-state index < -0.39 is 335 Å². The van der Waals surface area contributed by atoms with Crippen LogP contribution in [0.2, 0.25) is 0 Å². The van der Waals surface area contributed by atoms with Crippen LogP contribution in [0.1, 0.15) is 6.92 Å². The number of hydrogen-bond donors (Lipinski definition) is 28. The van der Waals surface area contributed by atoms with E-state index in [9.17, 15) is 123 Å². The lowest BCUT2D eigenvalue weighted by Crippen LogP contribution is -2.70. The molecule has 45 atom stereocenters. The first-order chi connectivity index (χ1) is 47.4. The van der Waals surface area contributed by atoms with Gasteiger partial charge in [0.1, 0.15) is 195 Å². The largest absolute Gasteiger partial charge is 0.394 e. The summed E-state index contributed by atoms with van der Waals surface area (Å²) < 4.78 is 99.7. The lowest BCUT2D eigenvalue weighted by atomic mass is 9.93. The minimum absolute atomic E-state index is 0.713. The Kier molecular flexibility index (Phi) is 29.2. The number of aliphatic hydroxyl groups is 24. The second kappa shape index (κ2) is 35.5. The molecule has 9 saturated heterocycles. The summed E-state index contributed by atoms with van der Waals surface area (Å²) in [7, 11) is 0. The number of aliphatic hydroxyl groups excluding tert-OH is 24. The summed E-state index contributed by atoms with van der Waals surface area (Å²) in [6, 6.07) is -6.42. The van der Waals surface area contributed by atoms with Crippen molar-refractivity contribution in [2.24, 2.45) is 22.9 Å². The third kappa shape index (κ3) is 16.9. The maximum Gasteiger partial charge on any atom is 0.187 e. The molecular formula is C55H98N4O41. The molecule has 45 nitrogen and oxygen atoms in total. The molecule has 0 amide bonds. The summed E-state index contributed by atoms with van der Waals surface area (Å²) >= 11 is 0. The van der Waals surface area contributed by atoms with Crippen molar-refractivity contribution in [1.82, 2.24) is 0 Å². The van der Waals surface area contributed by atoms with Crippen LogP contribution in [0.5, 0.6) is 0 Å². The molecule has 45 heteroatoms. The fourth-order valence-electron chi connectivity index (χ4n) is 13.2. The van der Waals surface area contributed by atoms with Crippen molar-refractivity contribution < 1.29 is 203 Å². The normalized spacial score (nSPS) is 53.7. The van der Waals surface area contributed by atoms with E-state index in [0.29, 0.717) is 0 Å². The fourth-order valence-corrected chi connectivity index (χ4v) is 13.2. The number of ether oxygens (including phenoxy) is 17. The van der Waals surface area contributed by atoms with Gasteiger partial charge in [0.05, 0.1) is 89.7 Å². The summed E-state index contributed by atoms with van der Waals surface area (Å²) in [5.41, 5.74) is 25.4. The van der Waals surface area contributed by atoms with E-state index in [1.165, 1.54) is 6.92 Å². The molecule has 32 N–H and O–H groups in total. The zero-order chi connectivity index (χ0) is 73.4. The van der Waals surface area contributed by atoms with Crippen LogP contribution in [-0.4, -0.2) is 458 Å². The Bertz CT molecular complexity index is 2470.